The zero-order chi connectivity index (χ0) is 91.4. The predicted octanol–water partition coefficient (Wildman–Crippen LogP) is 39.2. The summed E-state index contributed by atoms with van der Waals surface area (Å²) in [5.41, 5.74) is 28.5. The number of benzene rings is 24. The lowest BCUT2D eigenvalue weighted by atomic mass is 9.84. The van der Waals surface area contributed by atoms with Crippen molar-refractivity contribution >= 4 is 154 Å². The highest BCUT2D eigenvalue weighted by Crippen LogP contribution is 2.53. The van der Waals surface area contributed by atoms with Gasteiger partial charge in [0.2, 0.25) is 0 Å². The topological polar surface area (TPSA) is 6.48 Å². The van der Waals surface area contributed by atoms with E-state index in [1.165, 1.54) is 217 Å². The number of rotatable bonds is 17. The minimum absolute atomic E-state index is 1.08. The van der Waals surface area contributed by atoms with Gasteiger partial charge in [-0.3, -0.25) is 0 Å². The van der Waals surface area contributed by atoms with Crippen molar-refractivity contribution in [3.63, 3.8) is 0 Å². The molecule has 0 saturated heterocycles. The van der Waals surface area contributed by atoms with E-state index < -0.39 is 0 Å². The van der Waals surface area contributed by atoms with E-state index >= 15 is 0 Å². The SMILES string of the molecule is c1ccc(-c2ccc(-c3cccc(-c4c5ccc(N(c6ccccc6)c6ccccc6)cc5c(-c5cccc(-c6ccc(-c7ccccc7)s6)c5)c5ccc(N(c6ccccc6)c6ccccc6)cc45)c3)s2)cc1.c1ccc2cc(-c3c4ccccc4c(-c4ccc(-c5ccc6c(-c7ccc8ccccc8c7)c7ccccc7c(-c7ccc8ccccc8c7)c6c5)cc4)c4ccccc34)ccc2c1. The van der Waals surface area contributed by atoms with Crippen LogP contribution in [0.1, 0.15) is 0 Å². The molecule has 2 nitrogen and oxygen atoms in total. The first-order valence-electron chi connectivity index (χ1n) is 47.3. The molecule has 0 spiro atoms. The highest BCUT2D eigenvalue weighted by molar-refractivity contribution is 7.19. The molecule has 4 heteroatoms. The van der Waals surface area contributed by atoms with E-state index in [0.29, 0.717) is 0 Å². The fourth-order valence-corrected chi connectivity index (χ4v) is 23.1. The van der Waals surface area contributed by atoms with Crippen LogP contribution >= 0.6 is 22.7 Å². The molecule has 0 aliphatic carbocycles. The van der Waals surface area contributed by atoms with E-state index in [-0.39, 0.29) is 0 Å². The molecule has 0 saturated carbocycles. The van der Waals surface area contributed by atoms with E-state index in [9.17, 15) is 0 Å². The Labute approximate surface area is 810 Å². The molecule has 0 bridgehead atoms. The summed E-state index contributed by atoms with van der Waals surface area (Å²) < 4.78 is 0. The van der Waals surface area contributed by atoms with Gasteiger partial charge in [-0.15, -0.1) is 22.7 Å². The first-order valence-corrected chi connectivity index (χ1v) is 48.9. The van der Waals surface area contributed by atoms with Crippen LogP contribution in [0.3, 0.4) is 0 Å². The molecule has 0 unspecified atom stereocenters. The van der Waals surface area contributed by atoms with E-state index in [4.69, 9.17) is 0 Å². The minimum atomic E-state index is 1.08. The summed E-state index contributed by atoms with van der Waals surface area (Å²) >= 11 is 3.68. The molecule has 0 aliphatic rings. The van der Waals surface area contributed by atoms with Gasteiger partial charge in [-0.2, -0.15) is 0 Å². The van der Waals surface area contributed by atoms with Gasteiger partial charge in [0.05, 0.1) is 0 Å². The number of para-hydroxylation sites is 4. The number of nitrogens with zero attached hydrogens (tertiary/aromatic N) is 2. The van der Waals surface area contributed by atoms with Crippen LogP contribution in [0, 0.1) is 0 Å². The Bertz CT molecular complexity index is 8720. The van der Waals surface area contributed by atoms with Crippen molar-refractivity contribution in [1.82, 2.24) is 0 Å². The average molecular weight is 1790 g/mol. The van der Waals surface area contributed by atoms with Gasteiger partial charge >= 0.3 is 0 Å². The number of fused-ring (bicyclic) bond motifs is 9. The van der Waals surface area contributed by atoms with Crippen molar-refractivity contribution in [2.24, 2.45) is 0 Å². The second-order valence-corrected chi connectivity index (χ2v) is 37.8. The molecule has 0 N–H and O–H groups in total. The monoisotopic (exact) mass is 1790 g/mol. The smallest absolute Gasteiger partial charge is 0.0468 e. The van der Waals surface area contributed by atoms with Crippen molar-refractivity contribution in [2.45, 2.75) is 0 Å². The molecule has 0 amide bonds. The lowest BCUT2D eigenvalue weighted by Crippen LogP contribution is -2.10. The maximum atomic E-state index is 2.44. The summed E-state index contributed by atoms with van der Waals surface area (Å²) in [5, 5.41) is 22.3. The van der Waals surface area contributed by atoms with Crippen molar-refractivity contribution in [3.8, 4) is 120 Å². The Balaban J connectivity index is 0.000000148. The van der Waals surface area contributed by atoms with Crippen molar-refractivity contribution in [1.29, 1.82) is 0 Å². The first-order chi connectivity index (χ1) is 68.4. The van der Waals surface area contributed by atoms with Crippen LogP contribution in [0.15, 0.2) is 534 Å². The van der Waals surface area contributed by atoms with Gasteiger partial charge in [0.1, 0.15) is 0 Å². The van der Waals surface area contributed by atoms with Gasteiger partial charge in [0, 0.05) is 53.6 Å². The first kappa shape index (κ1) is 82.5. The fourth-order valence-electron chi connectivity index (χ4n) is 21.1. The molecule has 2 heterocycles. The van der Waals surface area contributed by atoms with E-state index in [1.807, 2.05) is 22.7 Å². The van der Waals surface area contributed by atoms with Crippen molar-refractivity contribution < 1.29 is 0 Å². The molecule has 2 aromatic heterocycles. The Morgan fingerprint density at radius 2 is 0.341 bits per heavy atom. The van der Waals surface area contributed by atoms with E-state index in [1.54, 1.807) is 0 Å². The second kappa shape index (κ2) is 35.9. The molecule has 0 radical (unpaired) electrons. The lowest BCUT2D eigenvalue weighted by molar-refractivity contribution is 1.29. The maximum absolute atomic E-state index is 2.44. The summed E-state index contributed by atoms with van der Waals surface area (Å²) in [5.74, 6) is 0. The zero-order valence-corrected chi connectivity index (χ0v) is 77.2. The standard InChI is InChI=1S/C70H48N2S2.C64H40/c1-7-21-49(22-8-1)65-41-43-67(73-65)51-25-19-27-53(45-51)69-61-39-37-60(72(57-33-15-5-16-34-57)58-35-17-6-18-36-58)48-64(61)70(54-28-20-26-52(46-54)68-44-42-66(74-68)50-23-9-2-10-24-50)62-40-38-59(47-63(62)69)71(55-29-11-3-12-30-55)56-31-13-4-14-32-56;1-4-16-46-37-50(32-27-41(46)13-1)62-55-21-9-7-19-53(55)61(54-20-8-10-22-56(54)62)45-30-25-44(26-31-45)49-35-36-59-60(40-49)64(52-34-29-43-15-3-6-18-48(43)39-52)58-24-12-11-23-57(58)63(59)51-33-28-42-14-2-5-17-47(42)38-51/h1-48H;1-40H. The zero-order valence-electron chi connectivity index (χ0n) is 75.5. The van der Waals surface area contributed by atoms with Gasteiger partial charge in [0.25, 0.3) is 0 Å². The molecular formula is C134H88N2S2. The highest BCUT2D eigenvalue weighted by atomic mass is 32.1. The van der Waals surface area contributed by atoms with Gasteiger partial charge in [-0.1, -0.05) is 400 Å². The molecule has 138 heavy (non-hydrogen) atoms. The Morgan fingerprint density at radius 3 is 0.688 bits per heavy atom. The molecule has 0 fully saturated rings. The van der Waals surface area contributed by atoms with E-state index in [0.717, 1.165) is 34.1 Å². The molecule has 26 aromatic rings. The van der Waals surface area contributed by atoms with Crippen LogP contribution in [0.4, 0.5) is 34.1 Å². The summed E-state index contributed by atoms with van der Waals surface area (Å²) in [6.45, 7) is 0. The van der Waals surface area contributed by atoms with Crippen molar-refractivity contribution in [2.75, 3.05) is 9.80 Å². The normalized spacial score (nSPS) is 11.5. The molecular weight excluding hydrogens is 1700 g/mol. The summed E-state index contributed by atoms with van der Waals surface area (Å²) in [6, 6.07) is 196. The quantitative estimate of drug-likeness (QED) is 0.0839. The number of hydrogen-bond donors (Lipinski definition) is 0. The lowest BCUT2D eigenvalue weighted by Gasteiger charge is -2.28. The van der Waals surface area contributed by atoms with Gasteiger partial charge in [-0.05, 0) is 331 Å². The van der Waals surface area contributed by atoms with Gasteiger partial charge < -0.3 is 9.80 Å². The summed E-state index contributed by atoms with van der Waals surface area (Å²) in [4.78, 5) is 9.74. The molecule has 0 atom stereocenters. The van der Waals surface area contributed by atoms with Gasteiger partial charge in [-0.25, -0.2) is 0 Å². The maximum Gasteiger partial charge on any atom is 0.0468 e. The Kier molecular flexibility index (Phi) is 21.4. The van der Waals surface area contributed by atoms with E-state index in [2.05, 4.69) is 544 Å². The summed E-state index contributed by atoms with van der Waals surface area (Å²) in [7, 11) is 0. The minimum Gasteiger partial charge on any atom is -0.310 e. The Hall–Kier alpha value is -17.4. The predicted molar refractivity (Wildman–Crippen MR) is 595 cm³/mol. The molecule has 646 valence electrons. The number of anilines is 6. The molecule has 0 aliphatic heterocycles. The third-order valence-electron chi connectivity index (χ3n) is 27.4. The van der Waals surface area contributed by atoms with Crippen LogP contribution < -0.4 is 9.80 Å². The average Bonchev–Trinajstić information content (AvgIpc) is 0.887. The van der Waals surface area contributed by atoms with Crippen LogP contribution in [-0.4, -0.2) is 0 Å². The summed E-state index contributed by atoms with van der Waals surface area (Å²) in [6.07, 6.45) is 0. The Morgan fingerprint density at radius 1 is 0.109 bits per heavy atom. The number of hydrogen-bond acceptors (Lipinski definition) is 4. The largest absolute Gasteiger partial charge is 0.310 e. The molecule has 24 aromatic carbocycles. The van der Waals surface area contributed by atoms with Crippen molar-refractivity contribution in [3.05, 3.63) is 534 Å². The van der Waals surface area contributed by atoms with Crippen LogP contribution in [0.5, 0.6) is 0 Å². The van der Waals surface area contributed by atoms with Crippen LogP contribution in [-0.2, 0) is 0 Å². The van der Waals surface area contributed by atoms with Gasteiger partial charge in [0.15, 0.2) is 0 Å². The second-order valence-electron chi connectivity index (χ2n) is 35.6. The van der Waals surface area contributed by atoms with Crippen LogP contribution in [0.2, 0.25) is 0 Å². The third kappa shape index (κ3) is 15.4. The third-order valence-corrected chi connectivity index (χ3v) is 29.8. The highest BCUT2D eigenvalue weighted by Gasteiger charge is 2.27. The van der Waals surface area contributed by atoms with Crippen LogP contribution in [0.25, 0.3) is 217 Å². The number of thiophene rings is 2. The fraction of sp³-hybridized carbons (Fsp3) is 0. The molecule has 26 rings (SSSR count).